The number of hydrogen-bond donors (Lipinski definition) is 2. The summed E-state index contributed by atoms with van der Waals surface area (Å²) in [5.41, 5.74) is 5.01. The van der Waals surface area contributed by atoms with Crippen LogP contribution in [0.1, 0.15) is 32.9 Å². The van der Waals surface area contributed by atoms with Crippen molar-refractivity contribution in [2.45, 2.75) is 19.5 Å². The fraction of sp³-hybridized carbons (Fsp3) is 0.111. The second-order valence-corrected chi connectivity index (χ2v) is 8.68. The van der Waals surface area contributed by atoms with Crippen LogP contribution in [0.4, 0.5) is 0 Å². The average Bonchev–Trinajstić information content (AvgIpc) is 3.27. The minimum absolute atomic E-state index is 0.0274. The molecule has 0 bridgehead atoms. The molecular weight excluding hydrogens is 462 g/mol. The van der Waals surface area contributed by atoms with Crippen molar-refractivity contribution < 1.29 is 4.79 Å². The third-order valence-corrected chi connectivity index (χ3v) is 5.99. The molecule has 0 spiro atoms. The van der Waals surface area contributed by atoms with Crippen LogP contribution in [-0.2, 0) is 19.5 Å². The second kappa shape index (κ2) is 9.95. The first kappa shape index (κ1) is 22.6. The monoisotopic (exact) mass is 483 g/mol. The molecule has 0 radical (unpaired) electrons. The number of pyridine rings is 2. The predicted octanol–water partition coefficient (Wildman–Crippen LogP) is 4.34. The third-order valence-electron chi connectivity index (χ3n) is 5.76. The summed E-state index contributed by atoms with van der Waals surface area (Å²) >= 11 is 6.09. The highest BCUT2D eigenvalue weighted by atomic mass is 35.5. The van der Waals surface area contributed by atoms with Gasteiger partial charge in [-0.05, 0) is 47.5 Å². The largest absolute Gasteiger partial charge is 0.346 e. The van der Waals surface area contributed by atoms with E-state index < -0.39 is 0 Å². The highest BCUT2D eigenvalue weighted by Crippen LogP contribution is 2.20. The number of halogens is 1. The molecule has 0 aliphatic heterocycles. The molecule has 0 saturated carbocycles. The Morgan fingerprint density at radius 3 is 2.66 bits per heavy atom. The van der Waals surface area contributed by atoms with Crippen molar-refractivity contribution in [3.63, 3.8) is 0 Å². The van der Waals surface area contributed by atoms with E-state index in [0.717, 1.165) is 33.4 Å². The van der Waals surface area contributed by atoms with Gasteiger partial charge in [0.1, 0.15) is 0 Å². The average molecular weight is 484 g/mol. The number of benzene rings is 2. The lowest BCUT2D eigenvalue weighted by atomic mass is 10.1. The zero-order valence-electron chi connectivity index (χ0n) is 18.7. The smallest absolute Gasteiger partial charge is 0.251 e. The van der Waals surface area contributed by atoms with Gasteiger partial charge >= 0.3 is 0 Å². The zero-order valence-corrected chi connectivity index (χ0v) is 19.5. The first-order chi connectivity index (χ1) is 17.0. The van der Waals surface area contributed by atoms with Crippen LogP contribution in [0.25, 0.3) is 10.9 Å². The molecule has 0 aliphatic carbocycles. The van der Waals surface area contributed by atoms with Gasteiger partial charge in [0.25, 0.3) is 11.5 Å². The summed E-state index contributed by atoms with van der Waals surface area (Å²) in [4.78, 5) is 29.1. The van der Waals surface area contributed by atoms with Crippen LogP contribution in [-0.4, -0.2) is 25.7 Å². The maximum atomic E-state index is 12.8. The third kappa shape index (κ3) is 5.31. The van der Waals surface area contributed by atoms with Crippen LogP contribution in [0.15, 0.2) is 90.0 Å². The van der Waals surface area contributed by atoms with Crippen molar-refractivity contribution in [3.8, 4) is 0 Å². The number of nitrogens with zero attached hydrogens (tertiary/aromatic N) is 3. The van der Waals surface area contributed by atoms with E-state index >= 15 is 0 Å². The Bertz CT molecular complexity index is 1560. The quantitative estimate of drug-likeness (QED) is 0.360. The minimum Gasteiger partial charge on any atom is -0.346 e. The topological polar surface area (TPSA) is 92.7 Å². The predicted molar refractivity (Wildman–Crippen MR) is 136 cm³/mol. The molecule has 0 saturated heterocycles. The Morgan fingerprint density at radius 2 is 1.83 bits per heavy atom. The van der Waals surface area contributed by atoms with E-state index in [9.17, 15) is 9.59 Å². The number of H-pyrrole nitrogens is 1. The summed E-state index contributed by atoms with van der Waals surface area (Å²) in [6.45, 7) is 0.824. The van der Waals surface area contributed by atoms with Crippen LogP contribution in [0, 0.1) is 0 Å². The molecule has 5 rings (SSSR count). The Morgan fingerprint density at radius 1 is 1.00 bits per heavy atom. The molecule has 7 nitrogen and oxygen atoms in total. The fourth-order valence-corrected chi connectivity index (χ4v) is 4.09. The summed E-state index contributed by atoms with van der Waals surface area (Å²) < 4.78 is 1.67. The normalized spacial score (nSPS) is 11.0. The number of aromatic nitrogens is 4. The van der Waals surface area contributed by atoms with E-state index in [1.165, 1.54) is 0 Å². The molecule has 0 atom stereocenters. The van der Waals surface area contributed by atoms with Crippen molar-refractivity contribution in [3.05, 3.63) is 129 Å². The maximum Gasteiger partial charge on any atom is 0.251 e. The summed E-state index contributed by atoms with van der Waals surface area (Å²) in [5.74, 6) is -0.193. The van der Waals surface area contributed by atoms with E-state index in [0.29, 0.717) is 30.1 Å². The highest BCUT2D eigenvalue weighted by molar-refractivity contribution is 6.31. The number of aromatic amines is 1. The van der Waals surface area contributed by atoms with Crippen LogP contribution in [0.2, 0.25) is 5.02 Å². The second-order valence-electron chi connectivity index (χ2n) is 8.24. The molecule has 2 N–H and O–H groups in total. The lowest BCUT2D eigenvalue weighted by Gasteiger charge is -2.08. The standard InChI is InChI=1S/C27H22ClN5O2/c28-21-8-9-24-23(15-21)25(32-31-24)16-30-27(35)20-10-11-29-22(14-20)13-18-4-6-19(7-5-18)17-33-12-2-1-3-26(33)34/h1-12,14-15H,13,16-17H2,(H,30,35)(H,31,32). The minimum atomic E-state index is -0.193. The number of hydrogen-bond acceptors (Lipinski definition) is 4. The number of carbonyl (C=O) groups excluding carboxylic acids is 1. The van der Waals surface area contributed by atoms with E-state index in [1.807, 2.05) is 42.5 Å². The van der Waals surface area contributed by atoms with Crippen molar-refractivity contribution in [1.82, 2.24) is 25.1 Å². The molecule has 0 aliphatic rings. The fourth-order valence-electron chi connectivity index (χ4n) is 3.92. The van der Waals surface area contributed by atoms with Gasteiger partial charge in [0.15, 0.2) is 0 Å². The zero-order chi connectivity index (χ0) is 24.2. The van der Waals surface area contributed by atoms with Crippen molar-refractivity contribution >= 4 is 28.4 Å². The van der Waals surface area contributed by atoms with Crippen molar-refractivity contribution in [2.75, 3.05) is 0 Å². The van der Waals surface area contributed by atoms with Gasteiger partial charge in [-0.3, -0.25) is 19.7 Å². The lowest BCUT2D eigenvalue weighted by molar-refractivity contribution is 0.0950. The Balaban J connectivity index is 1.23. The SMILES string of the molecule is O=C(NCc1[nH]nc2ccc(Cl)cc12)c1ccnc(Cc2ccc(Cn3ccccc3=O)cc2)c1. The van der Waals surface area contributed by atoms with Gasteiger partial charge in [-0.25, -0.2) is 0 Å². The van der Waals surface area contributed by atoms with E-state index in [4.69, 9.17) is 11.6 Å². The van der Waals surface area contributed by atoms with Crippen LogP contribution in [0.3, 0.4) is 0 Å². The number of rotatable bonds is 7. The molecule has 0 unspecified atom stereocenters. The van der Waals surface area contributed by atoms with E-state index in [2.05, 4.69) is 20.5 Å². The summed E-state index contributed by atoms with van der Waals surface area (Å²) in [6, 6.07) is 22.1. The number of amides is 1. The van der Waals surface area contributed by atoms with Gasteiger partial charge in [-0.15, -0.1) is 0 Å². The summed E-state index contributed by atoms with van der Waals surface area (Å²) in [5, 5.41) is 11.6. The first-order valence-corrected chi connectivity index (χ1v) is 11.5. The molecule has 0 fully saturated rings. The molecule has 3 heterocycles. The van der Waals surface area contributed by atoms with Gasteiger partial charge in [0.2, 0.25) is 0 Å². The summed E-state index contributed by atoms with van der Waals surface area (Å²) in [6.07, 6.45) is 4.02. The number of nitrogens with one attached hydrogen (secondary N) is 2. The van der Waals surface area contributed by atoms with Gasteiger partial charge in [-0.2, -0.15) is 5.10 Å². The Kier molecular flexibility index (Phi) is 6.41. The molecule has 5 aromatic rings. The molecule has 2 aromatic carbocycles. The molecule has 35 heavy (non-hydrogen) atoms. The Hall–Kier alpha value is -4.23. The number of fused-ring (bicyclic) bond motifs is 1. The molecule has 3 aromatic heterocycles. The molecule has 174 valence electrons. The molecule has 8 heteroatoms. The van der Waals surface area contributed by atoms with E-state index in [-0.39, 0.29) is 11.5 Å². The Labute approximate surface area is 206 Å². The molecule has 1 amide bonds. The lowest BCUT2D eigenvalue weighted by Crippen LogP contribution is -2.23. The van der Waals surface area contributed by atoms with Gasteiger partial charge < -0.3 is 9.88 Å². The maximum absolute atomic E-state index is 12.8. The van der Waals surface area contributed by atoms with Crippen LogP contribution >= 0.6 is 11.6 Å². The van der Waals surface area contributed by atoms with Gasteiger partial charge in [-0.1, -0.05) is 41.9 Å². The van der Waals surface area contributed by atoms with Gasteiger partial charge in [0.05, 0.1) is 24.3 Å². The van der Waals surface area contributed by atoms with Crippen LogP contribution < -0.4 is 10.9 Å². The van der Waals surface area contributed by atoms with Crippen molar-refractivity contribution in [1.29, 1.82) is 0 Å². The molecular formula is C27H22ClN5O2. The van der Waals surface area contributed by atoms with Crippen LogP contribution in [0.5, 0.6) is 0 Å². The van der Waals surface area contributed by atoms with Crippen molar-refractivity contribution in [2.24, 2.45) is 0 Å². The highest BCUT2D eigenvalue weighted by Gasteiger charge is 2.11. The first-order valence-electron chi connectivity index (χ1n) is 11.1. The van der Waals surface area contributed by atoms with Gasteiger partial charge in [0, 0.05) is 46.5 Å². The summed E-state index contributed by atoms with van der Waals surface area (Å²) in [7, 11) is 0. The number of carbonyl (C=O) groups is 1. The van der Waals surface area contributed by atoms with E-state index in [1.54, 1.807) is 47.3 Å².